The molecule has 0 aromatic heterocycles. The zero-order chi connectivity index (χ0) is 18.7. The first kappa shape index (κ1) is 17.8. The van der Waals surface area contributed by atoms with E-state index >= 15 is 0 Å². The van der Waals surface area contributed by atoms with Gasteiger partial charge in [-0.3, -0.25) is 9.69 Å². The molecule has 3 rings (SSSR count). The SMILES string of the molecule is COc1ccc(CN2CCN(c3ccc(C#N)cc3)C(=O)C2)c(F)c1F. The van der Waals surface area contributed by atoms with Crippen molar-refractivity contribution in [3.8, 4) is 11.8 Å². The van der Waals surface area contributed by atoms with Crippen molar-refractivity contribution in [1.82, 2.24) is 4.90 Å². The molecule has 1 heterocycles. The lowest BCUT2D eigenvalue weighted by molar-refractivity contribution is -0.121. The van der Waals surface area contributed by atoms with Gasteiger partial charge in [-0.25, -0.2) is 4.39 Å². The maximum atomic E-state index is 14.1. The molecule has 0 radical (unpaired) electrons. The van der Waals surface area contributed by atoms with Crippen molar-refractivity contribution in [3.63, 3.8) is 0 Å². The summed E-state index contributed by atoms with van der Waals surface area (Å²) in [5, 5.41) is 8.84. The number of amides is 1. The lowest BCUT2D eigenvalue weighted by atomic mass is 10.1. The predicted molar refractivity (Wildman–Crippen MR) is 91.7 cm³/mol. The highest BCUT2D eigenvalue weighted by Gasteiger charge is 2.26. The molecule has 0 unspecified atom stereocenters. The van der Waals surface area contributed by atoms with Crippen LogP contribution >= 0.6 is 0 Å². The summed E-state index contributed by atoms with van der Waals surface area (Å²) in [7, 11) is 1.28. The fourth-order valence-electron chi connectivity index (χ4n) is 2.94. The highest BCUT2D eigenvalue weighted by Crippen LogP contribution is 2.24. The first-order valence-corrected chi connectivity index (χ1v) is 8.07. The van der Waals surface area contributed by atoms with E-state index in [1.165, 1.54) is 19.2 Å². The Bertz CT molecular complexity index is 862. The molecular weight excluding hydrogens is 340 g/mol. The van der Waals surface area contributed by atoms with E-state index in [9.17, 15) is 13.6 Å². The van der Waals surface area contributed by atoms with Gasteiger partial charge < -0.3 is 9.64 Å². The van der Waals surface area contributed by atoms with Crippen LogP contribution in [0.4, 0.5) is 14.5 Å². The van der Waals surface area contributed by atoms with Crippen molar-refractivity contribution in [2.45, 2.75) is 6.54 Å². The fraction of sp³-hybridized carbons (Fsp3) is 0.263. The van der Waals surface area contributed by atoms with Crippen molar-refractivity contribution < 1.29 is 18.3 Å². The summed E-state index contributed by atoms with van der Waals surface area (Å²) in [6.07, 6.45) is 0. The van der Waals surface area contributed by atoms with Gasteiger partial charge >= 0.3 is 0 Å². The Morgan fingerprint density at radius 2 is 1.85 bits per heavy atom. The van der Waals surface area contributed by atoms with E-state index in [-0.39, 0.29) is 30.3 Å². The molecule has 0 N–H and O–H groups in total. The topological polar surface area (TPSA) is 56.6 Å². The molecule has 0 spiro atoms. The third-order valence-corrected chi connectivity index (χ3v) is 4.35. The average Bonchev–Trinajstić information content (AvgIpc) is 2.66. The molecule has 26 heavy (non-hydrogen) atoms. The lowest BCUT2D eigenvalue weighted by Crippen LogP contribution is -2.50. The van der Waals surface area contributed by atoms with Crippen molar-refractivity contribution in [2.75, 3.05) is 31.6 Å². The van der Waals surface area contributed by atoms with Crippen LogP contribution in [0.3, 0.4) is 0 Å². The van der Waals surface area contributed by atoms with E-state index in [0.29, 0.717) is 18.7 Å². The van der Waals surface area contributed by atoms with Gasteiger partial charge in [-0.15, -0.1) is 0 Å². The van der Waals surface area contributed by atoms with Crippen molar-refractivity contribution >= 4 is 11.6 Å². The standard InChI is InChI=1S/C19H17F2N3O2/c1-26-16-7-4-14(18(20)19(16)21)11-23-8-9-24(17(25)12-23)15-5-2-13(10-22)3-6-15/h2-7H,8-9,11-12H2,1H3. The number of ether oxygens (including phenoxy) is 1. The van der Waals surface area contributed by atoms with E-state index < -0.39 is 11.6 Å². The van der Waals surface area contributed by atoms with Crippen LogP contribution in [0.25, 0.3) is 0 Å². The molecule has 5 nitrogen and oxygen atoms in total. The Kier molecular flexibility index (Phi) is 5.14. The maximum Gasteiger partial charge on any atom is 0.241 e. The fourth-order valence-corrected chi connectivity index (χ4v) is 2.94. The Morgan fingerprint density at radius 3 is 2.46 bits per heavy atom. The van der Waals surface area contributed by atoms with Crippen molar-refractivity contribution in [3.05, 3.63) is 59.2 Å². The molecule has 1 amide bonds. The number of hydrogen-bond donors (Lipinski definition) is 0. The second-order valence-corrected chi connectivity index (χ2v) is 5.97. The van der Waals surface area contributed by atoms with Crippen LogP contribution in [0.15, 0.2) is 36.4 Å². The number of methoxy groups -OCH3 is 1. The Hall–Kier alpha value is -2.98. The van der Waals surface area contributed by atoms with E-state index in [4.69, 9.17) is 10.00 Å². The monoisotopic (exact) mass is 357 g/mol. The highest BCUT2D eigenvalue weighted by atomic mass is 19.2. The van der Waals surface area contributed by atoms with E-state index in [2.05, 4.69) is 0 Å². The van der Waals surface area contributed by atoms with E-state index in [1.54, 1.807) is 34.1 Å². The minimum Gasteiger partial charge on any atom is -0.494 e. The van der Waals surface area contributed by atoms with Crippen LogP contribution < -0.4 is 9.64 Å². The number of piperazine rings is 1. The number of anilines is 1. The summed E-state index contributed by atoms with van der Waals surface area (Å²) in [4.78, 5) is 15.8. The van der Waals surface area contributed by atoms with Crippen molar-refractivity contribution in [1.29, 1.82) is 5.26 Å². The van der Waals surface area contributed by atoms with Gasteiger partial charge in [0.15, 0.2) is 11.6 Å². The second kappa shape index (κ2) is 7.50. The van der Waals surface area contributed by atoms with E-state index in [1.807, 2.05) is 6.07 Å². The number of nitriles is 1. The molecule has 1 saturated heterocycles. The van der Waals surface area contributed by atoms with Gasteiger partial charge in [0, 0.05) is 30.9 Å². The Balaban J connectivity index is 1.68. The molecule has 1 fully saturated rings. The number of carbonyl (C=O) groups is 1. The summed E-state index contributed by atoms with van der Waals surface area (Å²) in [5.41, 5.74) is 1.43. The molecule has 1 aliphatic heterocycles. The van der Waals surface area contributed by atoms with Gasteiger partial charge in [-0.1, -0.05) is 6.07 Å². The molecule has 0 saturated carbocycles. The van der Waals surface area contributed by atoms with Crippen LogP contribution in [0.5, 0.6) is 5.75 Å². The average molecular weight is 357 g/mol. The normalized spacial score (nSPS) is 15.0. The third-order valence-electron chi connectivity index (χ3n) is 4.35. The van der Waals surface area contributed by atoms with Crippen LogP contribution in [-0.4, -0.2) is 37.6 Å². The minimum absolute atomic E-state index is 0.104. The molecule has 0 bridgehead atoms. The van der Waals surface area contributed by atoms with Crippen LogP contribution in [-0.2, 0) is 11.3 Å². The quantitative estimate of drug-likeness (QED) is 0.844. The summed E-state index contributed by atoms with van der Waals surface area (Å²) in [5.74, 6) is -2.25. The molecule has 2 aromatic rings. The van der Waals surface area contributed by atoms with Gasteiger partial charge in [0.1, 0.15) is 0 Å². The van der Waals surface area contributed by atoms with E-state index in [0.717, 1.165) is 5.69 Å². The third kappa shape index (κ3) is 3.51. The first-order chi connectivity index (χ1) is 12.5. The zero-order valence-corrected chi connectivity index (χ0v) is 14.2. The molecule has 0 aliphatic carbocycles. The van der Waals surface area contributed by atoms with Crippen LogP contribution in [0.1, 0.15) is 11.1 Å². The van der Waals surface area contributed by atoms with Gasteiger partial charge in [0.2, 0.25) is 11.7 Å². The summed E-state index contributed by atoms with van der Waals surface area (Å²) in [6, 6.07) is 11.6. The summed E-state index contributed by atoms with van der Waals surface area (Å²) in [6.45, 7) is 1.20. The smallest absolute Gasteiger partial charge is 0.241 e. The number of carbonyl (C=O) groups excluding carboxylic acids is 1. The second-order valence-electron chi connectivity index (χ2n) is 5.97. The molecule has 134 valence electrons. The van der Waals surface area contributed by atoms with Crippen LogP contribution in [0, 0.1) is 23.0 Å². The molecule has 2 aromatic carbocycles. The van der Waals surface area contributed by atoms with Gasteiger partial charge in [-0.2, -0.15) is 9.65 Å². The predicted octanol–water partition coefficient (Wildman–Crippen LogP) is 2.69. The largest absolute Gasteiger partial charge is 0.494 e. The van der Waals surface area contributed by atoms with Gasteiger partial charge in [-0.05, 0) is 30.3 Å². The summed E-state index contributed by atoms with van der Waals surface area (Å²) < 4.78 is 32.7. The Morgan fingerprint density at radius 1 is 1.12 bits per heavy atom. The van der Waals surface area contributed by atoms with Crippen LogP contribution in [0.2, 0.25) is 0 Å². The molecule has 7 heteroatoms. The first-order valence-electron chi connectivity index (χ1n) is 8.07. The molecule has 0 atom stereocenters. The maximum absolute atomic E-state index is 14.1. The number of halogens is 2. The highest BCUT2D eigenvalue weighted by molar-refractivity contribution is 5.95. The summed E-state index contributed by atoms with van der Waals surface area (Å²) >= 11 is 0. The number of nitrogens with zero attached hydrogens (tertiary/aromatic N) is 3. The van der Waals surface area contributed by atoms with Gasteiger partial charge in [0.25, 0.3) is 0 Å². The number of rotatable bonds is 4. The van der Waals surface area contributed by atoms with Gasteiger partial charge in [0.05, 0.1) is 25.3 Å². The lowest BCUT2D eigenvalue weighted by Gasteiger charge is -2.34. The number of benzene rings is 2. The Labute approximate surface area is 150 Å². The molecular formula is C19H17F2N3O2. The van der Waals surface area contributed by atoms with Crippen molar-refractivity contribution in [2.24, 2.45) is 0 Å². The zero-order valence-electron chi connectivity index (χ0n) is 14.2. The molecule has 1 aliphatic rings. The number of hydrogen-bond acceptors (Lipinski definition) is 4. The minimum atomic E-state index is -1.02.